The molecule has 2 N–H and O–H groups in total. The van der Waals surface area contributed by atoms with Crippen LogP contribution in [0.1, 0.15) is 16.1 Å². The Morgan fingerprint density at radius 1 is 0.574 bits per heavy atom. The van der Waals surface area contributed by atoms with E-state index in [0.717, 1.165) is 46.9 Å². The number of carboxylic acid groups (broad SMARTS) is 1. The lowest BCUT2D eigenvalue weighted by molar-refractivity contribution is 0.0697. The van der Waals surface area contributed by atoms with Gasteiger partial charge in [-0.05, 0) is 101 Å². The number of halogens is 3. The van der Waals surface area contributed by atoms with Crippen LogP contribution in [-0.2, 0) is 0 Å². The molecule has 0 aliphatic carbocycles. The predicted octanol–water partition coefficient (Wildman–Crippen LogP) is 10.7. The van der Waals surface area contributed by atoms with Gasteiger partial charge < -0.3 is 19.9 Å². The van der Waals surface area contributed by atoms with E-state index in [0.29, 0.717) is 5.39 Å². The number of benzene rings is 4. The van der Waals surface area contributed by atoms with E-state index in [1.165, 1.54) is 21.5 Å². The lowest BCUT2D eigenvalue weighted by atomic mass is 10.1. The summed E-state index contributed by atoms with van der Waals surface area (Å²) in [7, 11) is 7.77. The Labute approximate surface area is 338 Å². The fraction of sp³-hybridized carbons (Fsp3) is 0.119. The van der Waals surface area contributed by atoms with Crippen LogP contribution in [0, 0.1) is 6.92 Å². The van der Waals surface area contributed by atoms with Crippen molar-refractivity contribution in [3.05, 3.63) is 157 Å². The van der Waals surface area contributed by atoms with Gasteiger partial charge in [-0.15, -0.1) is 0 Å². The summed E-state index contributed by atoms with van der Waals surface area (Å²) in [6, 6.07) is 30.9. The second-order valence-electron chi connectivity index (χ2n) is 12.5. The third kappa shape index (κ3) is 10.1. The highest BCUT2D eigenvalue weighted by molar-refractivity contribution is 9.11. The van der Waals surface area contributed by atoms with Crippen molar-refractivity contribution in [2.45, 2.75) is 6.92 Å². The molecule has 0 atom stereocenters. The van der Waals surface area contributed by atoms with E-state index in [1.54, 1.807) is 30.6 Å². The quantitative estimate of drug-likeness (QED) is 0.180. The molecule has 274 valence electrons. The summed E-state index contributed by atoms with van der Waals surface area (Å²) in [5, 5.41) is 17.3. The molecule has 4 heterocycles. The normalized spacial score (nSPS) is 10.4. The SMILES string of the molecule is CN(C)c1nccc2ccc(Br)cc12.CN(C)c1nccc2ccc(C(=O)O)cc12.Cc1nccc2ccc(Br)cc12.O=c1[nH]ccc2ccc(Br)cc12. The molecule has 54 heavy (non-hydrogen) atoms. The zero-order chi connectivity index (χ0) is 38.9. The van der Waals surface area contributed by atoms with E-state index < -0.39 is 5.97 Å². The van der Waals surface area contributed by atoms with Crippen molar-refractivity contribution in [1.82, 2.24) is 19.9 Å². The van der Waals surface area contributed by atoms with Crippen molar-refractivity contribution >= 4 is 108 Å². The molecule has 0 aliphatic heterocycles. The number of aromatic nitrogens is 4. The molecule has 9 nitrogen and oxygen atoms in total. The number of aromatic carboxylic acids is 1. The number of aryl methyl sites for hydroxylation is 1. The van der Waals surface area contributed by atoms with Crippen LogP contribution < -0.4 is 15.4 Å². The van der Waals surface area contributed by atoms with E-state index in [2.05, 4.69) is 92.0 Å². The number of H-pyrrole nitrogens is 1. The van der Waals surface area contributed by atoms with Crippen LogP contribution in [-0.4, -0.2) is 59.2 Å². The number of aromatic amines is 1. The zero-order valence-corrected chi connectivity index (χ0v) is 34.9. The fourth-order valence-corrected chi connectivity index (χ4v) is 6.65. The Morgan fingerprint density at radius 2 is 1.00 bits per heavy atom. The highest BCUT2D eigenvalue weighted by Crippen LogP contribution is 2.27. The molecule has 0 unspecified atom stereocenters. The van der Waals surface area contributed by atoms with Gasteiger partial charge in [0, 0.05) is 93.6 Å². The maximum Gasteiger partial charge on any atom is 0.335 e. The van der Waals surface area contributed by atoms with Crippen LogP contribution in [0.3, 0.4) is 0 Å². The van der Waals surface area contributed by atoms with Gasteiger partial charge in [-0.1, -0.05) is 72.1 Å². The number of hydrogen-bond acceptors (Lipinski definition) is 7. The number of rotatable bonds is 3. The van der Waals surface area contributed by atoms with Crippen LogP contribution in [0.15, 0.2) is 140 Å². The largest absolute Gasteiger partial charge is 0.478 e. The van der Waals surface area contributed by atoms with Crippen molar-refractivity contribution < 1.29 is 9.90 Å². The number of anilines is 2. The van der Waals surface area contributed by atoms with Gasteiger partial charge in [-0.3, -0.25) is 9.78 Å². The van der Waals surface area contributed by atoms with Crippen LogP contribution in [0.4, 0.5) is 11.6 Å². The molecule has 0 spiro atoms. The maximum atomic E-state index is 11.3. The summed E-state index contributed by atoms with van der Waals surface area (Å²) in [6.45, 7) is 2.02. The second kappa shape index (κ2) is 18.2. The number of carboxylic acids is 1. The molecular formula is C42H37Br3N6O3. The number of carbonyl (C=O) groups is 1. The Kier molecular flexibility index (Phi) is 13.5. The van der Waals surface area contributed by atoms with E-state index in [4.69, 9.17) is 5.11 Å². The summed E-state index contributed by atoms with van der Waals surface area (Å²) in [5.74, 6) is 0.861. The Bertz CT molecular complexity index is 2650. The summed E-state index contributed by atoms with van der Waals surface area (Å²) in [6.07, 6.45) is 7.05. The predicted molar refractivity (Wildman–Crippen MR) is 233 cm³/mol. The fourth-order valence-electron chi connectivity index (χ4n) is 5.57. The Hall–Kier alpha value is -5.17. The lowest BCUT2D eigenvalue weighted by Crippen LogP contribution is -2.11. The molecule has 12 heteroatoms. The molecule has 0 saturated heterocycles. The Morgan fingerprint density at radius 3 is 1.52 bits per heavy atom. The van der Waals surface area contributed by atoms with Gasteiger partial charge in [0.25, 0.3) is 5.56 Å². The smallest absolute Gasteiger partial charge is 0.335 e. The summed E-state index contributed by atoms with van der Waals surface area (Å²) in [5.41, 5.74) is 1.31. The minimum atomic E-state index is -0.921. The van der Waals surface area contributed by atoms with Gasteiger partial charge in [0.1, 0.15) is 11.6 Å². The molecule has 8 rings (SSSR count). The Balaban J connectivity index is 0.000000139. The maximum absolute atomic E-state index is 11.3. The van der Waals surface area contributed by atoms with Crippen molar-refractivity contribution in [2.75, 3.05) is 38.0 Å². The third-order valence-electron chi connectivity index (χ3n) is 8.21. The highest BCUT2D eigenvalue weighted by atomic mass is 79.9. The first-order valence-corrected chi connectivity index (χ1v) is 19.0. The monoisotopic (exact) mass is 910 g/mol. The number of hydrogen-bond donors (Lipinski definition) is 2. The van der Waals surface area contributed by atoms with Crippen molar-refractivity contribution in [3.8, 4) is 0 Å². The standard InChI is InChI=1S/C12H12N2O2.C11H11BrN2.C10H8BrN.C9H6BrNO/c1-14(2)11-10-7-9(12(15)16)4-3-8(10)5-6-13-11;1-14(2)11-10-7-9(12)4-3-8(10)5-6-13-11;1-7-10-6-9(11)3-2-8(10)4-5-12-7;10-7-2-1-6-3-4-11-9(12)8(6)5-7/h3-7H,1-2H3,(H,15,16);3-7H,1-2H3;2-6H,1H3;1-5H,(H,11,12). The van der Waals surface area contributed by atoms with Crippen molar-refractivity contribution in [1.29, 1.82) is 0 Å². The molecule has 0 aliphatic rings. The molecule has 0 radical (unpaired) electrons. The van der Waals surface area contributed by atoms with E-state index in [9.17, 15) is 9.59 Å². The first kappa shape index (κ1) is 40.0. The lowest BCUT2D eigenvalue weighted by Gasteiger charge is -2.13. The minimum Gasteiger partial charge on any atom is -0.478 e. The summed E-state index contributed by atoms with van der Waals surface area (Å²) < 4.78 is 3.11. The van der Waals surface area contributed by atoms with E-state index >= 15 is 0 Å². The molecule has 0 fully saturated rings. The zero-order valence-electron chi connectivity index (χ0n) is 30.2. The van der Waals surface area contributed by atoms with Gasteiger partial charge in [-0.25, -0.2) is 14.8 Å². The second-order valence-corrected chi connectivity index (χ2v) is 15.2. The summed E-state index contributed by atoms with van der Waals surface area (Å²) >= 11 is 10.2. The summed E-state index contributed by atoms with van der Waals surface area (Å²) in [4.78, 5) is 41.5. The number of nitrogens with one attached hydrogen (secondary N) is 1. The molecular weight excluding hydrogens is 876 g/mol. The van der Waals surface area contributed by atoms with E-state index in [-0.39, 0.29) is 11.1 Å². The first-order valence-electron chi connectivity index (χ1n) is 16.6. The van der Waals surface area contributed by atoms with Gasteiger partial charge in [-0.2, -0.15) is 0 Å². The molecule has 0 saturated carbocycles. The van der Waals surface area contributed by atoms with Crippen molar-refractivity contribution in [2.24, 2.45) is 0 Å². The number of fused-ring (bicyclic) bond motifs is 4. The molecule has 0 amide bonds. The molecule has 0 bridgehead atoms. The van der Waals surface area contributed by atoms with Gasteiger partial charge in [0.15, 0.2) is 0 Å². The van der Waals surface area contributed by atoms with Crippen LogP contribution >= 0.6 is 47.8 Å². The molecule has 4 aromatic carbocycles. The van der Waals surface area contributed by atoms with Crippen molar-refractivity contribution in [3.63, 3.8) is 0 Å². The molecule has 8 aromatic rings. The van der Waals surface area contributed by atoms with Gasteiger partial charge in [0.05, 0.1) is 5.56 Å². The average Bonchev–Trinajstić information content (AvgIpc) is 3.15. The molecule has 4 aromatic heterocycles. The van der Waals surface area contributed by atoms with Gasteiger partial charge >= 0.3 is 5.97 Å². The highest BCUT2D eigenvalue weighted by Gasteiger charge is 2.09. The topological polar surface area (TPSA) is 115 Å². The number of nitrogens with zero attached hydrogens (tertiary/aromatic N) is 5. The van der Waals surface area contributed by atoms with Crippen LogP contribution in [0.2, 0.25) is 0 Å². The van der Waals surface area contributed by atoms with Crippen LogP contribution in [0.5, 0.6) is 0 Å². The van der Waals surface area contributed by atoms with Crippen LogP contribution in [0.25, 0.3) is 43.1 Å². The first-order chi connectivity index (χ1) is 25.8. The minimum absolute atomic E-state index is 0.0474. The number of pyridine rings is 4. The average molecular weight is 914 g/mol. The third-order valence-corrected chi connectivity index (χ3v) is 9.69. The van der Waals surface area contributed by atoms with E-state index in [1.807, 2.05) is 112 Å². The van der Waals surface area contributed by atoms with Gasteiger partial charge in [0.2, 0.25) is 0 Å².